The van der Waals surface area contributed by atoms with Crippen molar-refractivity contribution in [1.82, 2.24) is 10.2 Å². The van der Waals surface area contributed by atoms with Gasteiger partial charge in [-0.05, 0) is 55.2 Å². The van der Waals surface area contributed by atoms with Crippen LogP contribution in [-0.4, -0.2) is 35.3 Å². The number of nitrogens with zero attached hydrogens (tertiary/aromatic N) is 1. The van der Waals surface area contributed by atoms with Crippen LogP contribution in [0.15, 0.2) is 24.3 Å². The molecule has 1 aromatic carbocycles. The molecule has 1 aromatic rings. The summed E-state index contributed by atoms with van der Waals surface area (Å²) in [7, 11) is 0. The lowest BCUT2D eigenvalue weighted by molar-refractivity contribution is -0.142. The summed E-state index contributed by atoms with van der Waals surface area (Å²) >= 11 is 0. The first-order valence-corrected chi connectivity index (χ1v) is 9.88. The van der Waals surface area contributed by atoms with Gasteiger partial charge in [-0.15, -0.1) is 0 Å². The van der Waals surface area contributed by atoms with E-state index < -0.39 is 11.7 Å². The first-order chi connectivity index (χ1) is 13.1. The van der Waals surface area contributed by atoms with Crippen LogP contribution >= 0.6 is 0 Å². The van der Waals surface area contributed by atoms with E-state index in [1.165, 1.54) is 0 Å². The lowest BCUT2D eigenvalue weighted by Crippen LogP contribution is -2.58. The predicted octanol–water partition coefficient (Wildman–Crippen LogP) is 3.57. The second-order valence-electron chi connectivity index (χ2n) is 8.78. The predicted molar refractivity (Wildman–Crippen MR) is 97.3 cm³/mol. The maximum Gasteiger partial charge on any atom is 0.416 e. The third-order valence-electron chi connectivity index (χ3n) is 6.63. The van der Waals surface area contributed by atoms with E-state index in [0.29, 0.717) is 44.2 Å². The van der Waals surface area contributed by atoms with Crippen molar-refractivity contribution in [3.05, 3.63) is 35.4 Å². The summed E-state index contributed by atoms with van der Waals surface area (Å²) in [5, 5.41) is 2.99. The van der Waals surface area contributed by atoms with Gasteiger partial charge in [0.1, 0.15) is 0 Å². The molecule has 28 heavy (non-hydrogen) atoms. The number of benzene rings is 1. The molecule has 4 nitrogen and oxygen atoms in total. The van der Waals surface area contributed by atoms with Crippen LogP contribution in [0.25, 0.3) is 0 Å². The number of likely N-dealkylation sites (tertiary alicyclic amines) is 1. The highest BCUT2D eigenvalue weighted by molar-refractivity contribution is 5.82. The van der Waals surface area contributed by atoms with E-state index in [2.05, 4.69) is 5.32 Å². The van der Waals surface area contributed by atoms with Crippen molar-refractivity contribution < 1.29 is 22.8 Å². The van der Waals surface area contributed by atoms with E-state index in [4.69, 9.17) is 0 Å². The van der Waals surface area contributed by atoms with Gasteiger partial charge in [-0.1, -0.05) is 19.1 Å². The minimum absolute atomic E-state index is 0.00944. The standard InChI is InChI=1S/C21H25F3N2O2/c1-3-17(27)25-20(2)8-13(9-20)19(28)26-10-15-16(11-26)18(15)12-4-6-14(7-5-12)21(22,23)24/h4-7,13,15-16,18H,3,8-11H2,1-2H3,(H,25,27)/t13-,15-,16+,18+,20+. The zero-order valence-corrected chi connectivity index (χ0v) is 16.1. The summed E-state index contributed by atoms with van der Waals surface area (Å²) in [6.45, 7) is 5.16. The number of alkyl halides is 3. The van der Waals surface area contributed by atoms with Crippen molar-refractivity contribution in [2.45, 2.75) is 50.7 Å². The monoisotopic (exact) mass is 394 g/mol. The van der Waals surface area contributed by atoms with Crippen LogP contribution in [0, 0.1) is 17.8 Å². The number of hydrogen-bond donors (Lipinski definition) is 1. The van der Waals surface area contributed by atoms with Gasteiger partial charge in [-0.3, -0.25) is 9.59 Å². The molecule has 0 spiro atoms. The molecular weight excluding hydrogens is 369 g/mol. The van der Waals surface area contributed by atoms with E-state index in [1.54, 1.807) is 12.1 Å². The molecule has 2 saturated carbocycles. The van der Waals surface area contributed by atoms with Crippen LogP contribution in [0.1, 0.15) is 50.2 Å². The van der Waals surface area contributed by atoms with E-state index in [0.717, 1.165) is 17.7 Å². The van der Waals surface area contributed by atoms with Gasteiger partial charge >= 0.3 is 6.18 Å². The van der Waals surface area contributed by atoms with E-state index >= 15 is 0 Å². The minimum Gasteiger partial charge on any atom is -0.351 e. The molecule has 3 fully saturated rings. The largest absolute Gasteiger partial charge is 0.416 e. The summed E-state index contributed by atoms with van der Waals surface area (Å²) in [5.41, 5.74) is 0.0365. The normalized spacial score (nSPS) is 33.8. The van der Waals surface area contributed by atoms with Crippen LogP contribution < -0.4 is 5.32 Å². The SMILES string of the molecule is CCC(=O)N[C@]1(C)C[C@H](C(=O)N2C[C@@H]3[C@H](C2)[C@H]3c2ccc(C(F)(F)F)cc2)C1. The molecule has 1 N–H and O–H groups in total. The molecule has 152 valence electrons. The second kappa shape index (κ2) is 6.49. The Kier molecular flexibility index (Phi) is 4.47. The summed E-state index contributed by atoms with van der Waals surface area (Å²) in [6, 6.07) is 5.44. The van der Waals surface area contributed by atoms with Crippen LogP contribution in [0.4, 0.5) is 13.2 Å². The fourth-order valence-corrected chi connectivity index (χ4v) is 5.08. The number of hydrogen-bond acceptors (Lipinski definition) is 2. The van der Waals surface area contributed by atoms with Crippen LogP contribution in [0.3, 0.4) is 0 Å². The Bertz CT molecular complexity index is 772. The molecule has 3 aliphatic rings. The van der Waals surface area contributed by atoms with Crippen LogP contribution in [-0.2, 0) is 15.8 Å². The average Bonchev–Trinajstić information content (AvgIpc) is 3.11. The maximum atomic E-state index is 12.7. The highest BCUT2D eigenvalue weighted by Gasteiger charge is 2.58. The molecule has 1 saturated heterocycles. The Morgan fingerprint density at radius 1 is 1.14 bits per heavy atom. The van der Waals surface area contributed by atoms with Crippen molar-refractivity contribution in [3.8, 4) is 0 Å². The lowest BCUT2D eigenvalue weighted by Gasteiger charge is -2.46. The molecular formula is C21H25F3N2O2. The smallest absolute Gasteiger partial charge is 0.351 e. The minimum atomic E-state index is -4.31. The molecule has 0 unspecified atom stereocenters. The topological polar surface area (TPSA) is 49.4 Å². The van der Waals surface area contributed by atoms with E-state index in [9.17, 15) is 22.8 Å². The van der Waals surface area contributed by atoms with Gasteiger partial charge in [0, 0.05) is 31.0 Å². The van der Waals surface area contributed by atoms with Gasteiger partial charge in [-0.2, -0.15) is 13.2 Å². The summed E-state index contributed by atoms with van der Waals surface area (Å²) in [4.78, 5) is 26.2. The molecule has 7 heteroatoms. The molecule has 0 aromatic heterocycles. The van der Waals surface area contributed by atoms with Gasteiger partial charge in [-0.25, -0.2) is 0 Å². The molecule has 1 aliphatic heterocycles. The van der Waals surface area contributed by atoms with E-state index in [-0.39, 0.29) is 29.2 Å². The third kappa shape index (κ3) is 3.40. The van der Waals surface area contributed by atoms with Gasteiger partial charge in [0.25, 0.3) is 0 Å². The Morgan fingerprint density at radius 3 is 2.21 bits per heavy atom. The number of rotatable bonds is 4. The third-order valence-corrected chi connectivity index (χ3v) is 6.63. The number of piperidine rings is 1. The number of fused-ring (bicyclic) bond motifs is 1. The Labute approximate surface area is 162 Å². The van der Waals surface area contributed by atoms with Gasteiger partial charge in [0.2, 0.25) is 11.8 Å². The maximum absolute atomic E-state index is 12.7. The summed E-state index contributed by atoms with van der Waals surface area (Å²) in [5.74, 6) is 1.10. The zero-order valence-electron chi connectivity index (χ0n) is 16.1. The van der Waals surface area contributed by atoms with Crippen molar-refractivity contribution in [2.24, 2.45) is 17.8 Å². The van der Waals surface area contributed by atoms with Crippen molar-refractivity contribution in [3.63, 3.8) is 0 Å². The van der Waals surface area contributed by atoms with Gasteiger partial charge < -0.3 is 10.2 Å². The molecule has 0 bridgehead atoms. The van der Waals surface area contributed by atoms with Crippen molar-refractivity contribution >= 4 is 11.8 Å². The number of carbonyl (C=O) groups excluding carboxylic acids is 2. The fraction of sp³-hybridized carbons (Fsp3) is 0.619. The van der Waals surface area contributed by atoms with E-state index in [1.807, 2.05) is 18.7 Å². The zero-order chi connectivity index (χ0) is 20.3. The molecule has 3 atom stereocenters. The van der Waals surface area contributed by atoms with Crippen molar-refractivity contribution in [2.75, 3.05) is 13.1 Å². The van der Waals surface area contributed by atoms with Gasteiger partial charge in [0.15, 0.2) is 0 Å². The lowest BCUT2D eigenvalue weighted by atomic mass is 9.68. The number of nitrogens with one attached hydrogen (secondary N) is 1. The highest BCUT2D eigenvalue weighted by Crippen LogP contribution is 2.58. The Balaban J connectivity index is 1.29. The quantitative estimate of drug-likeness (QED) is 0.849. The van der Waals surface area contributed by atoms with Gasteiger partial charge in [0.05, 0.1) is 5.56 Å². The number of carbonyl (C=O) groups is 2. The number of amides is 2. The summed E-state index contributed by atoms with van der Waals surface area (Å²) < 4.78 is 38.1. The molecule has 0 radical (unpaired) electrons. The van der Waals surface area contributed by atoms with Crippen molar-refractivity contribution in [1.29, 1.82) is 0 Å². The first kappa shape index (κ1) is 19.3. The average molecular weight is 394 g/mol. The first-order valence-electron chi connectivity index (χ1n) is 9.88. The Hall–Kier alpha value is -2.05. The second-order valence-corrected chi connectivity index (χ2v) is 8.78. The Morgan fingerprint density at radius 2 is 1.71 bits per heavy atom. The number of halogens is 3. The van der Waals surface area contributed by atoms with Crippen LogP contribution in [0.5, 0.6) is 0 Å². The fourth-order valence-electron chi connectivity index (χ4n) is 5.08. The molecule has 2 amide bonds. The summed E-state index contributed by atoms with van der Waals surface area (Å²) in [6.07, 6.45) is -2.53. The highest BCUT2D eigenvalue weighted by atomic mass is 19.4. The van der Waals surface area contributed by atoms with Crippen LogP contribution in [0.2, 0.25) is 0 Å². The molecule has 2 aliphatic carbocycles. The molecule has 1 heterocycles. The molecule has 4 rings (SSSR count).